The van der Waals surface area contributed by atoms with Gasteiger partial charge < -0.3 is 15.3 Å². The molecular formula is C14H24N2O3S. The van der Waals surface area contributed by atoms with Crippen LogP contribution < -0.4 is 5.32 Å². The Bertz CT molecular complexity index is 365. The van der Waals surface area contributed by atoms with Gasteiger partial charge in [-0.15, -0.1) is 0 Å². The number of carbonyl (C=O) groups is 2. The third-order valence-corrected chi connectivity index (χ3v) is 5.72. The molecule has 114 valence electrons. The van der Waals surface area contributed by atoms with Crippen molar-refractivity contribution < 1.29 is 14.7 Å². The number of carboxylic acids is 1. The lowest BCUT2D eigenvalue weighted by Gasteiger charge is -2.29. The van der Waals surface area contributed by atoms with E-state index in [1.165, 1.54) is 17.7 Å². The third-order valence-electron chi connectivity index (χ3n) is 4.30. The third kappa shape index (κ3) is 4.30. The molecule has 0 atom stereocenters. The summed E-state index contributed by atoms with van der Waals surface area (Å²) >= 11 is 1.82. The van der Waals surface area contributed by atoms with Crippen molar-refractivity contribution in [2.24, 2.45) is 5.92 Å². The van der Waals surface area contributed by atoms with Gasteiger partial charge in [0.25, 0.3) is 0 Å². The van der Waals surface area contributed by atoms with Crippen LogP contribution in [-0.4, -0.2) is 52.6 Å². The Kier molecular flexibility index (Phi) is 5.18. The van der Waals surface area contributed by atoms with Gasteiger partial charge in [-0.25, -0.2) is 4.79 Å². The molecule has 20 heavy (non-hydrogen) atoms. The highest BCUT2D eigenvalue weighted by Crippen LogP contribution is 2.39. The first-order chi connectivity index (χ1) is 9.54. The summed E-state index contributed by atoms with van der Waals surface area (Å²) in [6, 6.07) is -0.223. The van der Waals surface area contributed by atoms with E-state index in [-0.39, 0.29) is 17.3 Å². The van der Waals surface area contributed by atoms with E-state index in [1.807, 2.05) is 11.8 Å². The maximum atomic E-state index is 12.2. The van der Waals surface area contributed by atoms with Crippen molar-refractivity contribution in [3.63, 3.8) is 0 Å². The number of carbonyl (C=O) groups excluding carboxylic acids is 1. The topological polar surface area (TPSA) is 69.6 Å². The van der Waals surface area contributed by atoms with Crippen LogP contribution in [0.2, 0.25) is 0 Å². The van der Waals surface area contributed by atoms with Crippen LogP contribution in [0.3, 0.4) is 0 Å². The molecule has 0 unspecified atom stereocenters. The van der Waals surface area contributed by atoms with E-state index in [1.54, 1.807) is 0 Å². The predicted octanol–water partition coefficient (Wildman–Crippen LogP) is 2.17. The van der Waals surface area contributed by atoms with Crippen molar-refractivity contribution >= 4 is 23.8 Å². The second-order valence-electron chi connectivity index (χ2n) is 5.97. The first-order valence-corrected chi connectivity index (χ1v) is 8.57. The number of thioether (sulfide) groups is 1. The summed E-state index contributed by atoms with van der Waals surface area (Å²) in [5.41, 5.74) is 0. The molecule has 0 bridgehead atoms. The zero-order valence-electron chi connectivity index (χ0n) is 12.1. The Morgan fingerprint density at radius 3 is 2.50 bits per heavy atom. The van der Waals surface area contributed by atoms with E-state index in [9.17, 15) is 9.59 Å². The minimum absolute atomic E-state index is 0.157. The summed E-state index contributed by atoms with van der Waals surface area (Å²) in [6.45, 7) is 1.02. The van der Waals surface area contributed by atoms with Crippen molar-refractivity contribution in [1.29, 1.82) is 0 Å². The monoisotopic (exact) mass is 300 g/mol. The molecule has 2 amide bonds. The molecule has 0 aromatic carbocycles. The van der Waals surface area contributed by atoms with E-state index in [0.717, 1.165) is 25.7 Å². The molecule has 2 aliphatic carbocycles. The number of aliphatic carboxylic acids is 1. The molecule has 2 rings (SSSR count). The van der Waals surface area contributed by atoms with Crippen LogP contribution >= 0.6 is 11.8 Å². The van der Waals surface area contributed by atoms with Gasteiger partial charge in [0.1, 0.15) is 6.54 Å². The van der Waals surface area contributed by atoms with Gasteiger partial charge in [-0.05, 0) is 37.9 Å². The molecule has 2 saturated carbocycles. The fraction of sp³-hybridized carbons (Fsp3) is 0.857. The number of hydrogen-bond donors (Lipinski definition) is 2. The normalized spacial score (nSPS) is 20.6. The van der Waals surface area contributed by atoms with Gasteiger partial charge in [0.15, 0.2) is 0 Å². The van der Waals surface area contributed by atoms with Crippen LogP contribution in [0.5, 0.6) is 0 Å². The predicted molar refractivity (Wildman–Crippen MR) is 80.0 cm³/mol. The highest BCUT2D eigenvalue weighted by Gasteiger charge is 2.34. The van der Waals surface area contributed by atoms with Crippen molar-refractivity contribution in [2.45, 2.75) is 43.3 Å². The van der Waals surface area contributed by atoms with E-state index in [0.29, 0.717) is 19.0 Å². The standard InChI is InChI=1S/C14H24N2O3S/c1-20-14(6-2-3-7-14)10-15-13(19)16(9-12(17)18)8-11-4-5-11/h11H,2-10H2,1H3,(H,15,19)(H,17,18). The number of nitrogens with one attached hydrogen (secondary N) is 1. The molecular weight excluding hydrogens is 276 g/mol. The molecule has 0 spiro atoms. The Hall–Kier alpha value is -0.910. The SMILES string of the molecule is CSC1(CNC(=O)N(CC(=O)O)CC2CC2)CCCC1. The largest absolute Gasteiger partial charge is 0.480 e. The Morgan fingerprint density at radius 1 is 1.35 bits per heavy atom. The van der Waals surface area contributed by atoms with Gasteiger partial charge in [-0.3, -0.25) is 4.79 Å². The second-order valence-corrected chi connectivity index (χ2v) is 7.24. The number of carboxylic acid groups (broad SMARTS) is 1. The molecule has 0 aromatic heterocycles. The minimum Gasteiger partial charge on any atom is -0.480 e. The summed E-state index contributed by atoms with van der Waals surface area (Å²) < 4.78 is 0.157. The Labute approximate surface area is 124 Å². The molecule has 0 aliphatic heterocycles. The fourth-order valence-electron chi connectivity index (χ4n) is 2.82. The van der Waals surface area contributed by atoms with Crippen LogP contribution in [0.1, 0.15) is 38.5 Å². The summed E-state index contributed by atoms with van der Waals surface area (Å²) in [7, 11) is 0. The highest BCUT2D eigenvalue weighted by atomic mass is 32.2. The molecule has 6 heteroatoms. The lowest BCUT2D eigenvalue weighted by Crippen LogP contribution is -2.47. The van der Waals surface area contributed by atoms with Gasteiger partial charge in [0, 0.05) is 17.8 Å². The summed E-state index contributed by atoms with van der Waals surface area (Å²) in [5, 5.41) is 11.9. The quantitative estimate of drug-likeness (QED) is 0.756. The van der Waals surface area contributed by atoms with E-state index in [2.05, 4.69) is 11.6 Å². The zero-order chi connectivity index (χ0) is 14.6. The lowest BCUT2D eigenvalue weighted by atomic mass is 10.1. The number of hydrogen-bond acceptors (Lipinski definition) is 3. The average Bonchev–Trinajstić information content (AvgIpc) is 3.11. The lowest BCUT2D eigenvalue weighted by molar-refractivity contribution is -0.137. The van der Waals surface area contributed by atoms with E-state index in [4.69, 9.17) is 5.11 Å². The van der Waals surface area contributed by atoms with Crippen LogP contribution in [-0.2, 0) is 4.79 Å². The van der Waals surface area contributed by atoms with Gasteiger partial charge in [0.2, 0.25) is 0 Å². The maximum Gasteiger partial charge on any atom is 0.323 e. The number of rotatable bonds is 7. The summed E-state index contributed by atoms with van der Waals surface area (Å²) in [6.07, 6.45) is 9.02. The molecule has 2 N–H and O–H groups in total. The molecule has 2 aliphatic rings. The Morgan fingerprint density at radius 2 is 2.00 bits per heavy atom. The van der Waals surface area contributed by atoms with Gasteiger partial charge in [0.05, 0.1) is 0 Å². The smallest absolute Gasteiger partial charge is 0.323 e. The first kappa shape index (κ1) is 15.5. The molecule has 0 saturated heterocycles. The van der Waals surface area contributed by atoms with Crippen LogP contribution in [0, 0.1) is 5.92 Å². The van der Waals surface area contributed by atoms with Gasteiger partial charge in [-0.2, -0.15) is 11.8 Å². The number of urea groups is 1. The van der Waals surface area contributed by atoms with Gasteiger partial charge >= 0.3 is 12.0 Å². The Balaban J connectivity index is 1.84. The molecule has 0 aromatic rings. The maximum absolute atomic E-state index is 12.2. The highest BCUT2D eigenvalue weighted by molar-refractivity contribution is 8.00. The van der Waals surface area contributed by atoms with Crippen molar-refractivity contribution in [1.82, 2.24) is 10.2 Å². The van der Waals surface area contributed by atoms with Crippen LogP contribution in [0.25, 0.3) is 0 Å². The van der Waals surface area contributed by atoms with Crippen LogP contribution in [0.15, 0.2) is 0 Å². The molecule has 5 nitrogen and oxygen atoms in total. The van der Waals surface area contributed by atoms with Crippen molar-refractivity contribution in [2.75, 3.05) is 25.9 Å². The van der Waals surface area contributed by atoms with E-state index < -0.39 is 5.97 Å². The number of nitrogens with zero attached hydrogens (tertiary/aromatic N) is 1. The van der Waals surface area contributed by atoms with Gasteiger partial charge in [-0.1, -0.05) is 12.8 Å². The summed E-state index contributed by atoms with van der Waals surface area (Å²) in [4.78, 5) is 24.5. The first-order valence-electron chi connectivity index (χ1n) is 7.34. The summed E-state index contributed by atoms with van der Waals surface area (Å²) in [5.74, 6) is -0.442. The minimum atomic E-state index is -0.943. The average molecular weight is 300 g/mol. The van der Waals surface area contributed by atoms with Crippen molar-refractivity contribution in [3.05, 3.63) is 0 Å². The molecule has 0 radical (unpaired) electrons. The number of amides is 2. The van der Waals surface area contributed by atoms with Crippen molar-refractivity contribution in [3.8, 4) is 0 Å². The molecule has 0 heterocycles. The zero-order valence-corrected chi connectivity index (χ0v) is 12.9. The molecule has 2 fully saturated rings. The fourth-order valence-corrected chi connectivity index (χ4v) is 3.73. The van der Waals surface area contributed by atoms with Crippen LogP contribution in [0.4, 0.5) is 4.79 Å². The second kappa shape index (κ2) is 6.70. The van der Waals surface area contributed by atoms with E-state index >= 15 is 0 Å².